The third kappa shape index (κ3) is 3.77. The third-order valence-electron chi connectivity index (χ3n) is 4.52. The van der Waals surface area contributed by atoms with Gasteiger partial charge in [0.05, 0.1) is 5.57 Å². The smallest absolute Gasteiger partial charge is 0.250 e. The Morgan fingerprint density at radius 3 is 2.77 bits per heavy atom. The van der Waals surface area contributed by atoms with Crippen molar-refractivity contribution in [1.29, 1.82) is 0 Å². The van der Waals surface area contributed by atoms with Gasteiger partial charge >= 0.3 is 0 Å². The van der Waals surface area contributed by atoms with Gasteiger partial charge in [-0.25, -0.2) is 0 Å². The number of carbonyl (C=O) groups is 2. The standard InChI is InChI=1S/C21H20N2O3/c24-20(17-11-16-5-1-2-7-19(16)26-13-17)22-12-14-4-3-6-18(10-14)23-21(25)15-8-9-15/h1-7,10-11,15H,8-9,12-13H2,(H,22,24)(H,23,25). The molecule has 0 saturated heterocycles. The van der Waals surface area contributed by atoms with Crippen LogP contribution in [0.4, 0.5) is 5.69 Å². The molecular formula is C21H20N2O3. The molecule has 1 aliphatic heterocycles. The van der Waals surface area contributed by atoms with Gasteiger partial charge in [-0.2, -0.15) is 0 Å². The lowest BCUT2D eigenvalue weighted by molar-refractivity contribution is -0.118. The largest absolute Gasteiger partial charge is 0.488 e. The SMILES string of the molecule is O=C(NCc1cccc(NC(=O)C2CC2)c1)C1=Cc2ccccc2OC1. The second kappa shape index (κ2) is 7.04. The fraction of sp³-hybridized carbons (Fsp3) is 0.238. The van der Waals surface area contributed by atoms with Gasteiger partial charge in [-0.1, -0.05) is 30.3 Å². The number of rotatable bonds is 5. The molecule has 0 spiro atoms. The Labute approximate surface area is 152 Å². The summed E-state index contributed by atoms with van der Waals surface area (Å²) in [5.41, 5.74) is 3.21. The molecule has 2 N–H and O–H groups in total. The van der Waals surface area contributed by atoms with E-state index in [1.165, 1.54) is 0 Å². The molecule has 0 bridgehead atoms. The Balaban J connectivity index is 1.37. The van der Waals surface area contributed by atoms with Crippen LogP contribution in [0.25, 0.3) is 6.08 Å². The lowest BCUT2D eigenvalue weighted by atomic mass is 10.1. The second-order valence-corrected chi connectivity index (χ2v) is 6.64. The minimum atomic E-state index is -0.146. The molecule has 1 fully saturated rings. The van der Waals surface area contributed by atoms with Gasteiger partial charge < -0.3 is 15.4 Å². The van der Waals surface area contributed by atoms with Gasteiger partial charge in [0.25, 0.3) is 5.91 Å². The van der Waals surface area contributed by atoms with Crippen LogP contribution >= 0.6 is 0 Å². The Bertz CT molecular complexity index is 884. The average molecular weight is 348 g/mol. The number of hydrogen-bond donors (Lipinski definition) is 2. The summed E-state index contributed by atoms with van der Waals surface area (Å²) < 4.78 is 5.62. The molecule has 0 unspecified atom stereocenters. The normalized spacial score (nSPS) is 15.3. The molecule has 2 aliphatic rings. The van der Waals surface area contributed by atoms with E-state index < -0.39 is 0 Å². The fourth-order valence-corrected chi connectivity index (χ4v) is 2.89. The lowest BCUT2D eigenvalue weighted by Gasteiger charge is -2.17. The Kier molecular flexibility index (Phi) is 4.44. The van der Waals surface area contributed by atoms with Gasteiger partial charge in [0.15, 0.2) is 0 Å². The summed E-state index contributed by atoms with van der Waals surface area (Å²) in [6, 6.07) is 15.2. The van der Waals surface area contributed by atoms with Gasteiger partial charge in [-0.05, 0) is 42.7 Å². The molecule has 2 aromatic carbocycles. The quantitative estimate of drug-likeness (QED) is 0.872. The van der Waals surface area contributed by atoms with Crippen LogP contribution in [0, 0.1) is 5.92 Å². The Hall–Kier alpha value is -3.08. The van der Waals surface area contributed by atoms with E-state index in [1.54, 1.807) is 0 Å². The zero-order valence-corrected chi connectivity index (χ0v) is 14.3. The number of amides is 2. The summed E-state index contributed by atoms with van der Waals surface area (Å²) in [6.45, 7) is 0.658. The first kappa shape index (κ1) is 16.4. The number of ether oxygens (including phenoxy) is 1. The highest BCUT2D eigenvalue weighted by Crippen LogP contribution is 2.30. The minimum Gasteiger partial charge on any atom is -0.488 e. The fourth-order valence-electron chi connectivity index (χ4n) is 2.89. The molecule has 0 radical (unpaired) electrons. The monoisotopic (exact) mass is 348 g/mol. The first-order chi connectivity index (χ1) is 12.7. The van der Waals surface area contributed by atoms with Gasteiger partial charge in [-0.3, -0.25) is 9.59 Å². The van der Waals surface area contributed by atoms with Crippen molar-refractivity contribution in [2.45, 2.75) is 19.4 Å². The van der Waals surface area contributed by atoms with Crippen molar-refractivity contribution in [3.63, 3.8) is 0 Å². The van der Waals surface area contributed by atoms with E-state index in [-0.39, 0.29) is 24.3 Å². The summed E-state index contributed by atoms with van der Waals surface area (Å²) in [4.78, 5) is 24.3. The van der Waals surface area contributed by atoms with Crippen LogP contribution in [0.1, 0.15) is 24.0 Å². The number of nitrogens with one attached hydrogen (secondary N) is 2. The van der Waals surface area contributed by atoms with Crippen LogP contribution in [0.3, 0.4) is 0 Å². The maximum absolute atomic E-state index is 12.4. The van der Waals surface area contributed by atoms with Gasteiger partial charge in [-0.15, -0.1) is 0 Å². The molecule has 4 rings (SSSR count). The maximum atomic E-state index is 12.4. The van der Waals surface area contributed by atoms with E-state index in [0.717, 1.165) is 35.4 Å². The first-order valence-corrected chi connectivity index (χ1v) is 8.79. The van der Waals surface area contributed by atoms with E-state index in [1.807, 2.05) is 54.6 Å². The van der Waals surface area contributed by atoms with Gasteiger partial charge in [0.1, 0.15) is 12.4 Å². The summed E-state index contributed by atoms with van der Waals surface area (Å²) in [7, 11) is 0. The molecule has 1 aliphatic carbocycles. The van der Waals surface area contributed by atoms with Crippen LogP contribution < -0.4 is 15.4 Å². The molecule has 2 aromatic rings. The molecule has 5 nitrogen and oxygen atoms in total. The van der Waals surface area contributed by atoms with Crippen LogP contribution in [-0.4, -0.2) is 18.4 Å². The number of anilines is 1. The Morgan fingerprint density at radius 1 is 1.08 bits per heavy atom. The average Bonchev–Trinajstić information content (AvgIpc) is 3.51. The highest BCUT2D eigenvalue weighted by Gasteiger charge is 2.29. The molecule has 0 aromatic heterocycles. The van der Waals surface area contributed by atoms with Crippen LogP contribution in [0.5, 0.6) is 5.75 Å². The number of carbonyl (C=O) groups excluding carboxylic acids is 2. The summed E-state index contributed by atoms with van der Waals surface area (Å²) in [6.07, 6.45) is 3.81. The van der Waals surface area contributed by atoms with Crippen molar-refractivity contribution in [2.24, 2.45) is 5.92 Å². The summed E-state index contributed by atoms with van der Waals surface area (Å²) >= 11 is 0. The van der Waals surface area contributed by atoms with Crippen molar-refractivity contribution < 1.29 is 14.3 Å². The van der Waals surface area contributed by atoms with Crippen LogP contribution in [0.2, 0.25) is 0 Å². The number of hydrogen-bond acceptors (Lipinski definition) is 3. The number of fused-ring (bicyclic) bond motifs is 1. The van der Waals surface area contributed by atoms with Crippen molar-refractivity contribution >= 4 is 23.6 Å². The van der Waals surface area contributed by atoms with E-state index in [9.17, 15) is 9.59 Å². The predicted molar refractivity (Wildman–Crippen MR) is 99.6 cm³/mol. The zero-order chi connectivity index (χ0) is 17.9. The lowest BCUT2D eigenvalue weighted by Crippen LogP contribution is -2.28. The maximum Gasteiger partial charge on any atom is 0.250 e. The molecule has 5 heteroatoms. The third-order valence-corrected chi connectivity index (χ3v) is 4.52. The molecule has 1 heterocycles. The molecule has 26 heavy (non-hydrogen) atoms. The Morgan fingerprint density at radius 2 is 1.92 bits per heavy atom. The van der Waals surface area contributed by atoms with Crippen molar-refractivity contribution in [2.75, 3.05) is 11.9 Å². The van der Waals surface area contributed by atoms with Crippen molar-refractivity contribution in [3.05, 3.63) is 65.2 Å². The molecule has 2 amide bonds. The summed E-state index contributed by atoms with van der Waals surface area (Å²) in [5.74, 6) is 0.893. The predicted octanol–water partition coefficient (Wildman–Crippen LogP) is 3.13. The topological polar surface area (TPSA) is 67.4 Å². The van der Waals surface area contributed by atoms with Crippen molar-refractivity contribution in [3.8, 4) is 5.75 Å². The van der Waals surface area contributed by atoms with E-state index >= 15 is 0 Å². The molecule has 0 atom stereocenters. The molecule has 1 saturated carbocycles. The van der Waals surface area contributed by atoms with E-state index in [0.29, 0.717) is 12.1 Å². The first-order valence-electron chi connectivity index (χ1n) is 8.79. The summed E-state index contributed by atoms with van der Waals surface area (Å²) in [5, 5.41) is 5.84. The number of para-hydroxylation sites is 1. The second-order valence-electron chi connectivity index (χ2n) is 6.64. The van der Waals surface area contributed by atoms with E-state index in [2.05, 4.69) is 10.6 Å². The molecule has 132 valence electrons. The molecular weight excluding hydrogens is 328 g/mol. The minimum absolute atomic E-state index is 0.0781. The van der Waals surface area contributed by atoms with Gasteiger partial charge in [0.2, 0.25) is 5.91 Å². The van der Waals surface area contributed by atoms with Crippen molar-refractivity contribution in [1.82, 2.24) is 5.32 Å². The highest BCUT2D eigenvalue weighted by molar-refractivity contribution is 5.99. The van der Waals surface area contributed by atoms with Gasteiger partial charge in [0, 0.05) is 23.7 Å². The zero-order valence-electron chi connectivity index (χ0n) is 14.3. The number of benzene rings is 2. The van der Waals surface area contributed by atoms with Crippen LogP contribution in [0.15, 0.2) is 54.1 Å². The van der Waals surface area contributed by atoms with Crippen LogP contribution in [-0.2, 0) is 16.1 Å². The highest BCUT2D eigenvalue weighted by atomic mass is 16.5. The van der Waals surface area contributed by atoms with E-state index in [4.69, 9.17) is 4.74 Å².